The smallest absolute Gasteiger partial charge is 0.243 e. The molecule has 2 aliphatic rings. The first-order valence-electron chi connectivity index (χ1n) is 9.18. The molecule has 4 rings (SSSR count). The van der Waals surface area contributed by atoms with Gasteiger partial charge in [0.05, 0.1) is 16.6 Å². The number of sulfonamides is 1. The molecule has 1 aromatic carbocycles. The zero-order valence-corrected chi connectivity index (χ0v) is 15.4. The van der Waals surface area contributed by atoms with E-state index >= 15 is 0 Å². The van der Waals surface area contributed by atoms with E-state index in [1.807, 2.05) is 25.1 Å². The number of nitrogens with zero attached hydrogens (tertiary/aromatic N) is 2. The SMILES string of the molecule is CCc1cc(C2CCCN2S(=O)(=O)c2ccc3c(c2)CCCC3)on1. The molecule has 0 spiro atoms. The molecular weight excluding hydrogens is 336 g/mol. The van der Waals surface area contributed by atoms with E-state index in [9.17, 15) is 8.42 Å². The predicted octanol–water partition coefficient (Wildman–Crippen LogP) is 3.64. The normalized spacial score (nSPS) is 21.4. The van der Waals surface area contributed by atoms with Gasteiger partial charge < -0.3 is 4.52 Å². The first-order valence-corrected chi connectivity index (χ1v) is 10.6. The Balaban J connectivity index is 1.66. The molecule has 0 radical (unpaired) electrons. The second-order valence-electron chi connectivity index (χ2n) is 6.99. The van der Waals surface area contributed by atoms with E-state index in [1.54, 1.807) is 10.4 Å². The number of aryl methyl sites for hydroxylation is 3. The average molecular weight is 360 g/mol. The van der Waals surface area contributed by atoms with Crippen LogP contribution in [-0.2, 0) is 29.3 Å². The Morgan fingerprint density at radius 1 is 1.16 bits per heavy atom. The summed E-state index contributed by atoms with van der Waals surface area (Å²) in [6.07, 6.45) is 6.77. The minimum Gasteiger partial charge on any atom is -0.359 e. The van der Waals surface area contributed by atoms with E-state index < -0.39 is 10.0 Å². The Bertz CT molecular complexity index is 873. The maximum absolute atomic E-state index is 13.2. The molecular formula is C19H24N2O3S. The highest BCUT2D eigenvalue weighted by molar-refractivity contribution is 7.89. The maximum atomic E-state index is 13.2. The summed E-state index contributed by atoms with van der Waals surface area (Å²) in [4.78, 5) is 0.412. The van der Waals surface area contributed by atoms with Crippen LogP contribution in [0.4, 0.5) is 0 Å². The second kappa shape index (κ2) is 6.57. The van der Waals surface area contributed by atoms with Crippen LogP contribution >= 0.6 is 0 Å². The lowest BCUT2D eigenvalue weighted by molar-refractivity contribution is 0.296. The van der Waals surface area contributed by atoms with Crippen molar-refractivity contribution in [3.8, 4) is 0 Å². The third-order valence-electron chi connectivity index (χ3n) is 5.40. The molecule has 1 saturated heterocycles. The van der Waals surface area contributed by atoms with Gasteiger partial charge >= 0.3 is 0 Å². The van der Waals surface area contributed by atoms with E-state index in [1.165, 1.54) is 17.5 Å². The van der Waals surface area contributed by atoms with E-state index in [4.69, 9.17) is 4.52 Å². The molecule has 0 saturated carbocycles. The molecule has 1 aromatic heterocycles. The molecule has 1 fully saturated rings. The van der Waals surface area contributed by atoms with E-state index in [0.29, 0.717) is 17.2 Å². The molecule has 0 bridgehead atoms. The highest BCUT2D eigenvalue weighted by Crippen LogP contribution is 2.37. The molecule has 1 aliphatic carbocycles. The fraction of sp³-hybridized carbons (Fsp3) is 0.526. The van der Waals surface area contributed by atoms with Crippen LogP contribution in [0.1, 0.15) is 61.2 Å². The monoisotopic (exact) mass is 360 g/mol. The Hall–Kier alpha value is -1.66. The lowest BCUT2D eigenvalue weighted by Gasteiger charge is -2.23. The predicted molar refractivity (Wildman–Crippen MR) is 94.8 cm³/mol. The number of aromatic nitrogens is 1. The lowest BCUT2D eigenvalue weighted by atomic mass is 9.92. The van der Waals surface area contributed by atoms with Gasteiger partial charge in [-0.15, -0.1) is 0 Å². The van der Waals surface area contributed by atoms with Crippen LogP contribution in [0.3, 0.4) is 0 Å². The van der Waals surface area contributed by atoms with Crippen LogP contribution < -0.4 is 0 Å². The first-order chi connectivity index (χ1) is 12.1. The molecule has 0 amide bonds. The largest absolute Gasteiger partial charge is 0.359 e. The number of rotatable bonds is 4. The maximum Gasteiger partial charge on any atom is 0.243 e. The van der Waals surface area contributed by atoms with Gasteiger partial charge in [-0.05, 0) is 68.2 Å². The molecule has 1 unspecified atom stereocenters. The summed E-state index contributed by atoms with van der Waals surface area (Å²) >= 11 is 0. The summed E-state index contributed by atoms with van der Waals surface area (Å²) in [5.74, 6) is 0.663. The summed E-state index contributed by atoms with van der Waals surface area (Å²) < 4.78 is 33.5. The second-order valence-corrected chi connectivity index (χ2v) is 8.88. The van der Waals surface area contributed by atoms with E-state index in [-0.39, 0.29) is 6.04 Å². The Kier molecular flexibility index (Phi) is 4.41. The lowest BCUT2D eigenvalue weighted by Crippen LogP contribution is -2.30. The van der Waals surface area contributed by atoms with E-state index in [2.05, 4.69) is 5.16 Å². The molecule has 134 valence electrons. The van der Waals surface area contributed by atoms with Gasteiger partial charge in [0.2, 0.25) is 10.0 Å². The summed E-state index contributed by atoms with van der Waals surface area (Å²) in [6, 6.07) is 7.31. The summed E-state index contributed by atoms with van der Waals surface area (Å²) in [6.45, 7) is 2.55. The third kappa shape index (κ3) is 3.02. The van der Waals surface area contributed by atoms with Gasteiger partial charge in [0.1, 0.15) is 0 Å². The van der Waals surface area contributed by atoms with Crippen molar-refractivity contribution >= 4 is 10.0 Å². The zero-order valence-electron chi connectivity index (χ0n) is 14.6. The quantitative estimate of drug-likeness (QED) is 0.835. The van der Waals surface area contributed by atoms with Crippen molar-refractivity contribution in [3.63, 3.8) is 0 Å². The topological polar surface area (TPSA) is 63.4 Å². The molecule has 6 heteroatoms. The van der Waals surface area contributed by atoms with Crippen LogP contribution in [0.5, 0.6) is 0 Å². The number of hydrogen-bond acceptors (Lipinski definition) is 4. The van der Waals surface area contributed by atoms with Crippen molar-refractivity contribution in [2.75, 3.05) is 6.54 Å². The fourth-order valence-electron chi connectivity index (χ4n) is 3.97. The molecule has 5 nitrogen and oxygen atoms in total. The molecule has 1 aliphatic heterocycles. The minimum atomic E-state index is -3.52. The van der Waals surface area contributed by atoms with Crippen molar-refractivity contribution in [3.05, 3.63) is 46.8 Å². The molecule has 0 N–H and O–H groups in total. The highest BCUT2D eigenvalue weighted by Gasteiger charge is 2.38. The minimum absolute atomic E-state index is 0.242. The standard InChI is InChI=1S/C19H24N2O3S/c1-2-16-13-19(24-20-16)18-8-5-11-21(18)25(22,23)17-10-9-14-6-3-4-7-15(14)12-17/h9-10,12-13,18H,2-8,11H2,1H3. The van der Waals surface area contributed by atoms with Crippen LogP contribution in [0.2, 0.25) is 0 Å². The van der Waals surface area contributed by atoms with Gasteiger partial charge in [-0.25, -0.2) is 8.42 Å². The number of fused-ring (bicyclic) bond motifs is 1. The van der Waals surface area contributed by atoms with Crippen LogP contribution in [-0.4, -0.2) is 24.4 Å². The molecule has 2 heterocycles. The van der Waals surface area contributed by atoms with Crippen molar-refractivity contribution in [2.45, 2.75) is 62.8 Å². The van der Waals surface area contributed by atoms with Gasteiger partial charge in [-0.2, -0.15) is 4.31 Å². The van der Waals surface area contributed by atoms with Gasteiger partial charge in [0, 0.05) is 12.6 Å². The average Bonchev–Trinajstić information content (AvgIpc) is 3.30. The molecule has 1 atom stereocenters. The Labute approximate surface area is 149 Å². The van der Waals surface area contributed by atoms with Gasteiger partial charge in [-0.1, -0.05) is 18.1 Å². The number of hydrogen-bond donors (Lipinski definition) is 0. The summed E-state index contributed by atoms with van der Waals surface area (Å²) in [5, 5.41) is 4.03. The Morgan fingerprint density at radius 2 is 1.96 bits per heavy atom. The van der Waals surface area contributed by atoms with Crippen molar-refractivity contribution < 1.29 is 12.9 Å². The zero-order chi connectivity index (χ0) is 17.4. The van der Waals surface area contributed by atoms with Crippen molar-refractivity contribution in [2.24, 2.45) is 0 Å². The first kappa shape index (κ1) is 16.8. The van der Waals surface area contributed by atoms with Crippen LogP contribution in [0.15, 0.2) is 33.7 Å². The summed E-state index contributed by atoms with van der Waals surface area (Å²) in [5.41, 5.74) is 3.36. The van der Waals surface area contributed by atoms with Gasteiger partial charge in [-0.3, -0.25) is 0 Å². The molecule has 25 heavy (non-hydrogen) atoms. The van der Waals surface area contributed by atoms with Crippen molar-refractivity contribution in [1.29, 1.82) is 0 Å². The fourth-order valence-corrected chi connectivity index (χ4v) is 5.69. The summed E-state index contributed by atoms with van der Waals surface area (Å²) in [7, 11) is -3.52. The Morgan fingerprint density at radius 3 is 2.72 bits per heavy atom. The van der Waals surface area contributed by atoms with Gasteiger partial charge in [0.15, 0.2) is 5.76 Å². The molecule has 2 aromatic rings. The van der Waals surface area contributed by atoms with Crippen LogP contribution in [0, 0.1) is 0 Å². The van der Waals surface area contributed by atoms with Gasteiger partial charge in [0.25, 0.3) is 0 Å². The highest BCUT2D eigenvalue weighted by atomic mass is 32.2. The van der Waals surface area contributed by atoms with Crippen LogP contribution in [0.25, 0.3) is 0 Å². The number of benzene rings is 1. The third-order valence-corrected chi connectivity index (χ3v) is 7.30. The van der Waals surface area contributed by atoms with Crippen molar-refractivity contribution in [1.82, 2.24) is 9.46 Å². The van der Waals surface area contributed by atoms with E-state index in [0.717, 1.165) is 44.2 Å².